The Morgan fingerprint density at radius 1 is 1.18 bits per heavy atom. The smallest absolute Gasteiger partial charge is 0.325 e. The zero-order chi connectivity index (χ0) is 20.5. The Labute approximate surface area is 164 Å². The van der Waals surface area contributed by atoms with Gasteiger partial charge in [0.15, 0.2) is 0 Å². The molecule has 1 aromatic heterocycles. The van der Waals surface area contributed by atoms with Crippen LogP contribution in [0.3, 0.4) is 0 Å². The molecule has 2 N–H and O–H groups in total. The average molecular weight is 383 g/mol. The first-order chi connectivity index (χ1) is 13.2. The summed E-state index contributed by atoms with van der Waals surface area (Å²) in [5.41, 5.74) is 0.633. The van der Waals surface area contributed by atoms with Crippen LogP contribution in [0.1, 0.15) is 56.5 Å². The van der Waals surface area contributed by atoms with E-state index in [1.165, 1.54) is 6.26 Å². The van der Waals surface area contributed by atoms with Gasteiger partial charge in [0.05, 0.1) is 12.3 Å². The van der Waals surface area contributed by atoms with Crippen molar-refractivity contribution < 1.29 is 18.8 Å². The lowest BCUT2D eigenvalue weighted by Gasteiger charge is -2.23. The Bertz CT molecular complexity index is 874. The Hall–Kier alpha value is -3.09. The number of benzene rings is 1. The number of rotatable bonds is 6. The van der Waals surface area contributed by atoms with E-state index in [9.17, 15) is 14.4 Å². The van der Waals surface area contributed by atoms with E-state index in [1.807, 2.05) is 24.3 Å². The molecule has 2 aromatic rings. The molecular formula is C21H25N3O4. The molecule has 0 radical (unpaired) electrons. The largest absolute Gasteiger partial charge is 0.467 e. The molecule has 1 aromatic carbocycles. The number of nitrogens with zero attached hydrogens (tertiary/aromatic N) is 1. The number of carbonyl (C=O) groups is 3. The number of carbonyl (C=O) groups excluding carboxylic acids is 3. The van der Waals surface area contributed by atoms with E-state index < -0.39 is 23.4 Å². The van der Waals surface area contributed by atoms with Crippen molar-refractivity contribution in [1.29, 1.82) is 0 Å². The summed E-state index contributed by atoms with van der Waals surface area (Å²) in [6.07, 6.45) is 1.52. The summed E-state index contributed by atoms with van der Waals surface area (Å²) in [5, 5.41) is 5.45. The fourth-order valence-corrected chi connectivity index (χ4v) is 3.28. The first-order valence-electron chi connectivity index (χ1n) is 9.29. The van der Waals surface area contributed by atoms with Gasteiger partial charge in [-0.25, -0.2) is 4.79 Å². The lowest BCUT2D eigenvalue weighted by Crippen LogP contribution is -2.43. The third-order valence-corrected chi connectivity index (χ3v) is 5.08. The van der Waals surface area contributed by atoms with Gasteiger partial charge in [0.1, 0.15) is 17.8 Å². The Balaban J connectivity index is 1.71. The predicted octanol–water partition coefficient (Wildman–Crippen LogP) is 3.05. The molecule has 7 nitrogen and oxygen atoms in total. The lowest BCUT2D eigenvalue weighted by atomic mass is 9.90. The van der Waals surface area contributed by atoms with Gasteiger partial charge in [-0.3, -0.25) is 14.5 Å². The number of hydrogen-bond donors (Lipinski definition) is 2. The topological polar surface area (TPSA) is 91.7 Å². The van der Waals surface area contributed by atoms with Crippen molar-refractivity contribution in [1.82, 2.24) is 15.5 Å². The van der Waals surface area contributed by atoms with Crippen molar-refractivity contribution in [2.24, 2.45) is 0 Å². The molecule has 0 saturated carbocycles. The molecule has 0 aliphatic carbocycles. The van der Waals surface area contributed by atoms with Gasteiger partial charge < -0.3 is 15.1 Å². The van der Waals surface area contributed by atoms with Crippen molar-refractivity contribution in [2.75, 3.05) is 6.54 Å². The Morgan fingerprint density at radius 3 is 2.43 bits per heavy atom. The fraction of sp³-hybridized carbons (Fsp3) is 0.381. The van der Waals surface area contributed by atoms with E-state index in [2.05, 4.69) is 24.5 Å². The van der Waals surface area contributed by atoms with Gasteiger partial charge in [-0.2, -0.15) is 0 Å². The second-order valence-electron chi connectivity index (χ2n) is 7.53. The highest BCUT2D eigenvalue weighted by Gasteiger charge is 2.49. The van der Waals surface area contributed by atoms with Crippen molar-refractivity contribution in [3.8, 4) is 0 Å². The molecular weight excluding hydrogens is 358 g/mol. The normalized spacial score (nSPS) is 20.4. The molecule has 2 heterocycles. The van der Waals surface area contributed by atoms with E-state index in [0.717, 1.165) is 10.5 Å². The van der Waals surface area contributed by atoms with Crippen LogP contribution >= 0.6 is 0 Å². The minimum atomic E-state index is -1.19. The van der Waals surface area contributed by atoms with Gasteiger partial charge in [-0.05, 0) is 43.0 Å². The van der Waals surface area contributed by atoms with Crippen LogP contribution in [0.5, 0.6) is 0 Å². The third kappa shape index (κ3) is 3.65. The number of urea groups is 1. The van der Waals surface area contributed by atoms with Crippen molar-refractivity contribution in [2.45, 2.75) is 45.2 Å². The monoisotopic (exact) mass is 383 g/mol. The molecule has 0 bridgehead atoms. The minimum absolute atomic E-state index is 0.352. The average Bonchev–Trinajstić information content (AvgIpc) is 3.26. The quantitative estimate of drug-likeness (QED) is 0.750. The summed E-state index contributed by atoms with van der Waals surface area (Å²) in [6, 6.07) is 10.1. The molecule has 1 saturated heterocycles. The van der Waals surface area contributed by atoms with Gasteiger partial charge in [0, 0.05) is 0 Å². The van der Waals surface area contributed by atoms with Gasteiger partial charge >= 0.3 is 6.03 Å². The van der Waals surface area contributed by atoms with E-state index >= 15 is 0 Å². The van der Waals surface area contributed by atoms with E-state index in [4.69, 9.17) is 4.42 Å². The number of hydrogen-bond acceptors (Lipinski definition) is 4. The second-order valence-corrected chi connectivity index (χ2v) is 7.53. The Kier molecular flexibility index (Phi) is 5.27. The molecule has 3 rings (SSSR count). The first-order valence-corrected chi connectivity index (χ1v) is 9.29. The summed E-state index contributed by atoms with van der Waals surface area (Å²) in [7, 11) is 0. The van der Waals surface area contributed by atoms with Crippen LogP contribution in [0, 0.1) is 0 Å². The van der Waals surface area contributed by atoms with Crippen LogP contribution < -0.4 is 10.6 Å². The minimum Gasteiger partial charge on any atom is -0.467 e. The predicted molar refractivity (Wildman–Crippen MR) is 103 cm³/mol. The SMILES string of the molecule is CC(C)c1ccc([C@@]2(C)NC(=O)N(CC(=O)N[C@H](C)c3ccco3)C2=O)cc1. The molecule has 1 aliphatic heterocycles. The molecule has 28 heavy (non-hydrogen) atoms. The highest BCUT2D eigenvalue weighted by Crippen LogP contribution is 2.30. The molecule has 0 unspecified atom stereocenters. The van der Waals surface area contributed by atoms with Crippen LogP contribution in [0.25, 0.3) is 0 Å². The van der Waals surface area contributed by atoms with E-state index in [-0.39, 0.29) is 12.6 Å². The zero-order valence-corrected chi connectivity index (χ0v) is 16.5. The number of furan rings is 1. The van der Waals surface area contributed by atoms with Crippen molar-refractivity contribution >= 4 is 17.8 Å². The molecule has 2 atom stereocenters. The van der Waals surface area contributed by atoms with Crippen molar-refractivity contribution in [3.05, 3.63) is 59.5 Å². The van der Waals surface area contributed by atoms with Gasteiger partial charge in [0.25, 0.3) is 5.91 Å². The van der Waals surface area contributed by atoms with E-state index in [0.29, 0.717) is 17.2 Å². The van der Waals surface area contributed by atoms with Crippen LogP contribution in [-0.2, 0) is 15.1 Å². The summed E-state index contributed by atoms with van der Waals surface area (Å²) in [6.45, 7) is 7.24. The summed E-state index contributed by atoms with van der Waals surface area (Å²) in [4.78, 5) is 38.6. The van der Waals surface area contributed by atoms with Crippen LogP contribution in [0.2, 0.25) is 0 Å². The highest BCUT2D eigenvalue weighted by atomic mass is 16.3. The molecule has 4 amide bonds. The Morgan fingerprint density at radius 2 is 1.86 bits per heavy atom. The standard InChI is InChI=1S/C21H25N3O4/c1-13(2)15-7-9-16(10-8-15)21(4)19(26)24(20(27)23-21)12-18(25)22-14(3)17-6-5-11-28-17/h5-11,13-14H,12H2,1-4H3,(H,22,25)(H,23,27)/t14-,21-/m1/s1. The lowest BCUT2D eigenvalue weighted by molar-refractivity contribution is -0.135. The molecule has 1 fully saturated rings. The maximum absolute atomic E-state index is 13.0. The maximum Gasteiger partial charge on any atom is 0.325 e. The van der Waals surface area contributed by atoms with Crippen LogP contribution in [0.4, 0.5) is 4.79 Å². The number of imide groups is 1. The molecule has 7 heteroatoms. The highest BCUT2D eigenvalue weighted by molar-refractivity contribution is 6.09. The zero-order valence-electron chi connectivity index (χ0n) is 16.5. The molecule has 0 spiro atoms. The summed E-state index contributed by atoms with van der Waals surface area (Å²) in [5.74, 6) is 0.0788. The van der Waals surface area contributed by atoms with Crippen molar-refractivity contribution in [3.63, 3.8) is 0 Å². The fourth-order valence-electron chi connectivity index (χ4n) is 3.28. The first kappa shape index (κ1) is 19.7. The number of amides is 4. The molecule has 1 aliphatic rings. The second kappa shape index (κ2) is 7.50. The van der Waals surface area contributed by atoms with Gasteiger partial charge in [-0.15, -0.1) is 0 Å². The van der Waals surface area contributed by atoms with Gasteiger partial charge in [0.2, 0.25) is 5.91 Å². The number of nitrogens with one attached hydrogen (secondary N) is 2. The molecule has 148 valence electrons. The van der Waals surface area contributed by atoms with Crippen LogP contribution in [0.15, 0.2) is 47.1 Å². The summed E-state index contributed by atoms with van der Waals surface area (Å²) >= 11 is 0. The van der Waals surface area contributed by atoms with Crippen LogP contribution in [-0.4, -0.2) is 29.3 Å². The van der Waals surface area contributed by atoms with Gasteiger partial charge in [-0.1, -0.05) is 38.1 Å². The third-order valence-electron chi connectivity index (χ3n) is 5.08. The maximum atomic E-state index is 13.0. The van der Waals surface area contributed by atoms with E-state index in [1.54, 1.807) is 26.0 Å². The summed E-state index contributed by atoms with van der Waals surface area (Å²) < 4.78 is 5.25.